The lowest BCUT2D eigenvalue weighted by Gasteiger charge is -2.13. The number of hydrogen-bond donors (Lipinski definition) is 3. The number of carbonyl (C=O) groups excluding carboxylic acids is 1. The minimum atomic E-state index is -4.84. The Hall–Kier alpha value is -4.35. The van der Waals surface area contributed by atoms with Crippen molar-refractivity contribution in [3.05, 3.63) is 72.2 Å². The topological polar surface area (TPSA) is 110 Å². The van der Waals surface area contributed by atoms with Crippen LogP contribution in [0.5, 0.6) is 17.4 Å². The number of nitrogens with zero attached hydrogens (tertiary/aromatic N) is 1. The zero-order chi connectivity index (χ0) is 23.3. The molecule has 2 amide bonds. The second kappa shape index (κ2) is 9.20. The number of aromatic carboxylic acids is 1. The van der Waals surface area contributed by atoms with Gasteiger partial charge in [-0.3, -0.25) is 0 Å². The van der Waals surface area contributed by atoms with E-state index in [4.69, 9.17) is 4.74 Å². The van der Waals surface area contributed by atoms with Crippen LogP contribution in [-0.4, -0.2) is 28.5 Å². The van der Waals surface area contributed by atoms with Crippen molar-refractivity contribution in [3.63, 3.8) is 0 Å². The van der Waals surface area contributed by atoms with Crippen LogP contribution < -0.4 is 20.1 Å². The maximum atomic E-state index is 13.8. The second-order valence-electron chi connectivity index (χ2n) is 6.03. The fraction of sp³-hybridized carbons (Fsp3) is 0.0500. The molecule has 0 aliphatic carbocycles. The lowest BCUT2D eigenvalue weighted by molar-refractivity contribution is -0.274. The van der Waals surface area contributed by atoms with Crippen LogP contribution in [0.15, 0.2) is 60.8 Å². The molecule has 0 radical (unpaired) electrons. The number of pyridine rings is 1. The van der Waals surface area contributed by atoms with Crippen molar-refractivity contribution in [3.8, 4) is 17.4 Å². The number of alkyl halides is 3. The van der Waals surface area contributed by atoms with E-state index in [1.807, 2.05) is 0 Å². The molecule has 2 aromatic carbocycles. The number of halogens is 4. The number of carboxylic acids is 1. The van der Waals surface area contributed by atoms with Gasteiger partial charge in [0.15, 0.2) is 0 Å². The van der Waals surface area contributed by atoms with Crippen molar-refractivity contribution >= 4 is 23.4 Å². The summed E-state index contributed by atoms with van der Waals surface area (Å²) in [4.78, 5) is 27.5. The van der Waals surface area contributed by atoms with Gasteiger partial charge in [-0.15, -0.1) is 13.2 Å². The lowest BCUT2D eigenvalue weighted by Crippen LogP contribution is -2.20. The summed E-state index contributed by atoms with van der Waals surface area (Å²) in [5, 5.41) is 14.0. The second-order valence-corrected chi connectivity index (χ2v) is 6.03. The van der Waals surface area contributed by atoms with E-state index in [0.717, 1.165) is 18.2 Å². The van der Waals surface area contributed by atoms with Gasteiger partial charge in [-0.1, -0.05) is 6.07 Å². The molecule has 0 atom stereocenters. The van der Waals surface area contributed by atoms with Crippen molar-refractivity contribution in [2.24, 2.45) is 0 Å². The number of carboxylic acid groups (broad SMARTS) is 1. The zero-order valence-corrected chi connectivity index (χ0v) is 15.8. The summed E-state index contributed by atoms with van der Waals surface area (Å²) in [6.45, 7) is 0. The van der Waals surface area contributed by atoms with Crippen LogP contribution in [0.3, 0.4) is 0 Å². The third-order valence-electron chi connectivity index (χ3n) is 3.76. The van der Waals surface area contributed by atoms with Gasteiger partial charge in [0, 0.05) is 11.9 Å². The smallest absolute Gasteiger partial charge is 0.477 e. The average Bonchev–Trinajstić information content (AvgIpc) is 2.69. The highest BCUT2D eigenvalue weighted by Crippen LogP contribution is 2.31. The third kappa shape index (κ3) is 5.84. The van der Waals surface area contributed by atoms with E-state index in [-0.39, 0.29) is 23.0 Å². The third-order valence-corrected chi connectivity index (χ3v) is 3.76. The Kier molecular flexibility index (Phi) is 6.42. The number of anilines is 2. The van der Waals surface area contributed by atoms with E-state index in [1.165, 1.54) is 42.6 Å². The molecular weight excluding hydrogens is 438 g/mol. The first kappa shape index (κ1) is 22.3. The van der Waals surface area contributed by atoms with Gasteiger partial charge in [0.2, 0.25) is 5.88 Å². The molecule has 0 saturated heterocycles. The number of hydrogen-bond acceptors (Lipinski definition) is 5. The van der Waals surface area contributed by atoms with E-state index >= 15 is 0 Å². The van der Waals surface area contributed by atoms with Gasteiger partial charge < -0.3 is 25.2 Å². The SMILES string of the molecule is O=C(Nc1ccc(OC(F)(F)F)cc1)Nc1cccnc1Oc1cccc(F)c1C(=O)O. The number of rotatable bonds is 6. The minimum absolute atomic E-state index is 0.0163. The van der Waals surface area contributed by atoms with E-state index in [9.17, 15) is 32.3 Å². The molecule has 8 nitrogen and oxygen atoms in total. The molecule has 0 unspecified atom stereocenters. The molecule has 0 spiro atoms. The predicted molar refractivity (Wildman–Crippen MR) is 103 cm³/mol. The van der Waals surface area contributed by atoms with Gasteiger partial charge in [0.1, 0.15) is 28.6 Å². The fourth-order valence-electron chi connectivity index (χ4n) is 2.49. The van der Waals surface area contributed by atoms with Crippen LogP contribution >= 0.6 is 0 Å². The number of ether oxygens (including phenoxy) is 2. The Morgan fingerprint density at radius 3 is 2.34 bits per heavy atom. The van der Waals surface area contributed by atoms with E-state index in [0.29, 0.717) is 0 Å². The van der Waals surface area contributed by atoms with Gasteiger partial charge in [0.25, 0.3) is 0 Å². The molecule has 0 fully saturated rings. The maximum Gasteiger partial charge on any atom is 0.573 e. The Morgan fingerprint density at radius 2 is 1.69 bits per heavy atom. The van der Waals surface area contributed by atoms with Crippen LogP contribution in [-0.2, 0) is 0 Å². The van der Waals surface area contributed by atoms with Gasteiger partial charge in [0.05, 0.1) is 0 Å². The fourth-order valence-corrected chi connectivity index (χ4v) is 2.49. The molecule has 1 aromatic heterocycles. The van der Waals surface area contributed by atoms with Gasteiger partial charge in [-0.2, -0.15) is 0 Å². The summed E-state index contributed by atoms with van der Waals surface area (Å²) in [5.74, 6) is -3.59. The number of nitrogens with one attached hydrogen (secondary N) is 2. The summed E-state index contributed by atoms with van der Waals surface area (Å²) in [6, 6.07) is 9.86. The van der Waals surface area contributed by atoms with E-state index in [2.05, 4.69) is 20.4 Å². The van der Waals surface area contributed by atoms with Crippen molar-refractivity contribution in [1.82, 2.24) is 4.98 Å². The van der Waals surface area contributed by atoms with Crippen molar-refractivity contribution < 1.29 is 41.7 Å². The van der Waals surface area contributed by atoms with Crippen LogP contribution in [0.2, 0.25) is 0 Å². The summed E-state index contributed by atoms with van der Waals surface area (Å²) in [5.41, 5.74) is -0.543. The average molecular weight is 451 g/mol. The predicted octanol–water partition coefficient (Wildman–Crippen LogP) is 5.25. The quantitative estimate of drug-likeness (QED) is 0.442. The monoisotopic (exact) mass is 451 g/mol. The van der Waals surface area contributed by atoms with Crippen LogP contribution in [0.4, 0.5) is 33.7 Å². The molecule has 166 valence electrons. The van der Waals surface area contributed by atoms with E-state index in [1.54, 1.807) is 0 Å². The number of amides is 2. The molecule has 0 bridgehead atoms. The molecule has 0 aliphatic heterocycles. The van der Waals surface area contributed by atoms with Crippen LogP contribution in [0.1, 0.15) is 10.4 Å². The highest BCUT2D eigenvalue weighted by molar-refractivity contribution is 6.00. The molecule has 12 heteroatoms. The summed E-state index contributed by atoms with van der Waals surface area (Å²) >= 11 is 0. The first-order valence-electron chi connectivity index (χ1n) is 8.71. The number of urea groups is 1. The highest BCUT2D eigenvalue weighted by Gasteiger charge is 2.31. The number of benzene rings is 2. The van der Waals surface area contributed by atoms with Gasteiger partial charge in [-0.05, 0) is 48.5 Å². The zero-order valence-electron chi connectivity index (χ0n) is 15.8. The first-order chi connectivity index (χ1) is 15.1. The van der Waals surface area contributed by atoms with Crippen molar-refractivity contribution in [2.45, 2.75) is 6.36 Å². The van der Waals surface area contributed by atoms with Crippen LogP contribution in [0.25, 0.3) is 0 Å². The molecule has 0 saturated carbocycles. The van der Waals surface area contributed by atoms with Crippen molar-refractivity contribution in [2.75, 3.05) is 10.6 Å². The minimum Gasteiger partial charge on any atom is -0.477 e. The Bertz CT molecular complexity index is 1140. The Labute approximate surface area is 177 Å². The maximum absolute atomic E-state index is 13.8. The number of aromatic nitrogens is 1. The lowest BCUT2D eigenvalue weighted by atomic mass is 10.2. The summed E-state index contributed by atoms with van der Waals surface area (Å²) in [7, 11) is 0. The Morgan fingerprint density at radius 1 is 0.969 bits per heavy atom. The molecule has 3 aromatic rings. The molecule has 1 heterocycles. The number of carbonyl (C=O) groups is 2. The Balaban J connectivity index is 1.72. The van der Waals surface area contributed by atoms with E-state index < -0.39 is 35.5 Å². The molecule has 32 heavy (non-hydrogen) atoms. The highest BCUT2D eigenvalue weighted by atomic mass is 19.4. The largest absolute Gasteiger partial charge is 0.573 e. The van der Waals surface area contributed by atoms with Gasteiger partial charge in [-0.25, -0.2) is 19.0 Å². The molecule has 3 N–H and O–H groups in total. The molecule has 3 rings (SSSR count). The summed E-state index contributed by atoms with van der Waals surface area (Å²) < 4.78 is 59.6. The molecule has 0 aliphatic rings. The van der Waals surface area contributed by atoms with Crippen LogP contribution in [0, 0.1) is 5.82 Å². The summed E-state index contributed by atoms with van der Waals surface area (Å²) in [6.07, 6.45) is -3.54. The molecular formula is C20H13F4N3O5. The van der Waals surface area contributed by atoms with Crippen molar-refractivity contribution in [1.29, 1.82) is 0 Å². The first-order valence-corrected chi connectivity index (χ1v) is 8.71. The standard InChI is InChI=1S/C20H13F4N3O5/c21-13-3-1-5-15(16(13)18(28)29)31-17-14(4-2-10-25-17)27-19(30)26-11-6-8-12(9-7-11)32-20(22,23)24/h1-10H,(H,28,29)(H2,26,27,30). The van der Waals surface area contributed by atoms with Gasteiger partial charge >= 0.3 is 18.4 Å². The normalized spacial score (nSPS) is 10.9.